The molecule has 0 N–H and O–H groups in total. The maximum atomic E-state index is 3.76. The second-order valence-electron chi connectivity index (χ2n) is 10.1. The molecule has 38 heavy (non-hydrogen) atoms. The summed E-state index contributed by atoms with van der Waals surface area (Å²) in [4.78, 5) is 6.79. The van der Waals surface area contributed by atoms with Crippen molar-refractivity contribution in [1.82, 2.24) is 9.80 Å². The van der Waals surface area contributed by atoms with Crippen LogP contribution in [-0.4, -0.2) is 57.6 Å². The smallest absolute Gasteiger partial charge is 0.0361 e. The minimum absolute atomic E-state index is 0.997. The van der Waals surface area contributed by atoms with Crippen LogP contribution in [0.4, 0.5) is 5.69 Å². The number of hydrogen-bond donors (Lipinski definition) is 0. The highest BCUT2D eigenvalue weighted by Gasteiger charge is 2.10. The largest absolute Gasteiger partial charge is 0.378 e. The van der Waals surface area contributed by atoms with Gasteiger partial charge in [-0.3, -0.25) is 0 Å². The molecule has 3 heteroatoms. The van der Waals surface area contributed by atoms with Crippen LogP contribution < -0.4 is 4.90 Å². The summed E-state index contributed by atoms with van der Waals surface area (Å²) in [6.07, 6.45) is 9.55. The quantitative estimate of drug-likeness (QED) is 0.292. The molecule has 1 saturated heterocycles. The Morgan fingerprint density at radius 3 is 1.45 bits per heavy atom. The average Bonchev–Trinajstić information content (AvgIpc) is 3.47. The number of anilines is 1. The van der Waals surface area contributed by atoms with Gasteiger partial charge in [-0.25, -0.2) is 0 Å². The Bertz CT molecular complexity index is 1070. The van der Waals surface area contributed by atoms with Gasteiger partial charge in [-0.15, -0.1) is 0 Å². The molecule has 4 rings (SSSR count). The molecule has 3 nitrogen and oxygen atoms in total. The van der Waals surface area contributed by atoms with Crippen LogP contribution in [0.1, 0.15) is 40.7 Å². The van der Waals surface area contributed by atoms with E-state index in [0.29, 0.717) is 0 Å². The number of rotatable bonds is 9. The summed E-state index contributed by atoms with van der Waals surface area (Å²) in [6.45, 7) is 16.0. The van der Waals surface area contributed by atoms with Gasteiger partial charge in [0.2, 0.25) is 0 Å². The lowest BCUT2D eigenvalue weighted by atomic mass is 10.1. The predicted molar refractivity (Wildman–Crippen MR) is 171 cm³/mol. The fourth-order valence-corrected chi connectivity index (χ4v) is 4.15. The van der Waals surface area contributed by atoms with E-state index in [9.17, 15) is 0 Å². The summed E-state index contributed by atoms with van der Waals surface area (Å²) in [5, 5.41) is 0. The molecule has 0 spiro atoms. The molecule has 0 amide bonds. The molecule has 3 aromatic carbocycles. The highest BCUT2D eigenvalue weighted by molar-refractivity contribution is 5.54. The van der Waals surface area contributed by atoms with Crippen molar-refractivity contribution in [2.75, 3.05) is 52.7 Å². The van der Waals surface area contributed by atoms with E-state index in [0.717, 1.165) is 12.1 Å². The summed E-state index contributed by atoms with van der Waals surface area (Å²) >= 11 is 0. The topological polar surface area (TPSA) is 9.72 Å². The zero-order valence-electron chi connectivity index (χ0n) is 24.1. The Labute approximate surface area is 232 Å². The van der Waals surface area contributed by atoms with Crippen LogP contribution in [0.5, 0.6) is 0 Å². The SMILES string of the molecule is C=Cc1ccc(CCN2CCCC2)cc1.C=Cc1ccc(CN(C)C)cc1.C=Cc1ccc(N(C)C)cc1. The predicted octanol–water partition coefficient (Wildman–Crippen LogP) is 7.75. The van der Waals surface area contributed by atoms with E-state index in [-0.39, 0.29) is 0 Å². The molecule has 0 saturated carbocycles. The molecule has 1 fully saturated rings. The maximum Gasteiger partial charge on any atom is 0.0361 e. The second kappa shape index (κ2) is 17.2. The summed E-state index contributed by atoms with van der Waals surface area (Å²) < 4.78 is 0. The molecule has 0 radical (unpaired) electrons. The third-order valence-corrected chi connectivity index (χ3v) is 6.49. The van der Waals surface area contributed by atoms with Crippen molar-refractivity contribution in [3.63, 3.8) is 0 Å². The van der Waals surface area contributed by atoms with E-state index in [4.69, 9.17) is 0 Å². The maximum absolute atomic E-state index is 3.76. The molecule has 0 atom stereocenters. The first kappa shape index (κ1) is 30.8. The second-order valence-corrected chi connectivity index (χ2v) is 10.1. The Balaban J connectivity index is 0.000000203. The molecule has 0 unspecified atom stereocenters. The average molecular weight is 510 g/mol. The molecule has 202 valence electrons. The van der Waals surface area contributed by atoms with E-state index < -0.39 is 0 Å². The number of likely N-dealkylation sites (tertiary alicyclic amines) is 1. The summed E-state index contributed by atoms with van der Waals surface area (Å²) in [5.41, 5.74) is 7.54. The minimum atomic E-state index is 0.997. The summed E-state index contributed by atoms with van der Waals surface area (Å²) in [5.74, 6) is 0. The molecule has 1 heterocycles. The molecular formula is C35H47N3. The van der Waals surface area contributed by atoms with Crippen LogP contribution in [0.15, 0.2) is 92.5 Å². The van der Waals surface area contributed by atoms with Crippen molar-refractivity contribution in [2.24, 2.45) is 0 Å². The molecule has 1 aliphatic heterocycles. The van der Waals surface area contributed by atoms with Gasteiger partial charge in [0.25, 0.3) is 0 Å². The van der Waals surface area contributed by atoms with Crippen LogP contribution in [-0.2, 0) is 13.0 Å². The molecule has 0 aliphatic carbocycles. The number of nitrogens with zero attached hydrogens (tertiary/aromatic N) is 3. The third-order valence-electron chi connectivity index (χ3n) is 6.49. The van der Waals surface area contributed by atoms with Gasteiger partial charge in [0, 0.05) is 32.9 Å². The Morgan fingerprint density at radius 1 is 0.632 bits per heavy atom. The lowest BCUT2D eigenvalue weighted by Crippen LogP contribution is -2.21. The molecule has 0 bridgehead atoms. The standard InChI is InChI=1S/C14H19N.C11H15N.C10H13N/c1-2-13-5-7-14(8-6-13)9-12-15-10-3-4-11-15;1-4-10-5-7-11(8-6-10)9-12(2)3;1-4-9-5-7-10(8-6-9)11(2)3/h2,5-8H,1,3-4,9-12H2;4-8H,1,9H2,2-3H3;4-8H,1H2,2-3H3. The Hall–Kier alpha value is -3.40. The van der Waals surface area contributed by atoms with Gasteiger partial charge >= 0.3 is 0 Å². The van der Waals surface area contributed by atoms with Crippen molar-refractivity contribution in [1.29, 1.82) is 0 Å². The normalized spacial score (nSPS) is 12.6. The van der Waals surface area contributed by atoms with E-state index in [1.54, 1.807) is 0 Å². The van der Waals surface area contributed by atoms with Gasteiger partial charge in [0.05, 0.1) is 0 Å². The van der Waals surface area contributed by atoms with Crippen molar-refractivity contribution < 1.29 is 0 Å². The first-order valence-corrected chi connectivity index (χ1v) is 13.5. The number of hydrogen-bond acceptors (Lipinski definition) is 3. The molecular weight excluding hydrogens is 462 g/mol. The fraction of sp³-hybridized carbons (Fsp3) is 0.314. The van der Waals surface area contributed by atoms with Gasteiger partial charge in [-0.2, -0.15) is 0 Å². The van der Waals surface area contributed by atoms with Crippen LogP contribution in [0, 0.1) is 0 Å². The minimum Gasteiger partial charge on any atom is -0.378 e. The van der Waals surface area contributed by atoms with Gasteiger partial charge in [-0.1, -0.05) is 98.6 Å². The van der Waals surface area contributed by atoms with E-state index >= 15 is 0 Å². The zero-order valence-corrected chi connectivity index (χ0v) is 24.1. The summed E-state index contributed by atoms with van der Waals surface area (Å²) in [6, 6.07) is 25.4. The zero-order chi connectivity index (χ0) is 27.8. The van der Waals surface area contributed by atoms with Crippen molar-refractivity contribution in [3.05, 3.63) is 120 Å². The Morgan fingerprint density at radius 2 is 1.05 bits per heavy atom. The van der Waals surface area contributed by atoms with Crippen molar-refractivity contribution in [2.45, 2.75) is 25.8 Å². The van der Waals surface area contributed by atoms with Gasteiger partial charge < -0.3 is 14.7 Å². The Kier molecular flexibility index (Phi) is 13.9. The molecule has 3 aromatic rings. The van der Waals surface area contributed by atoms with Crippen LogP contribution >= 0.6 is 0 Å². The van der Waals surface area contributed by atoms with Crippen molar-refractivity contribution in [3.8, 4) is 0 Å². The first-order valence-electron chi connectivity index (χ1n) is 13.5. The highest BCUT2D eigenvalue weighted by atomic mass is 15.1. The molecule has 1 aliphatic rings. The van der Waals surface area contributed by atoms with Crippen LogP contribution in [0.2, 0.25) is 0 Å². The monoisotopic (exact) mass is 509 g/mol. The summed E-state index contributed by atoms with van der Waals surface area (Å²) in [7, 11) is 8.20. The van der Waals surface area contributed by atoms with E-state index in [1.807, 2.05) is 32.3 Å². The lowest BCUT2D eigenvalue weighted by molar-refractivity contribution is 0.343. The van der Waals surface area contributed by atoms with Crippen molar-refractivity contribution >= 4 is 23.9 Å². The first-order chi connectivity index (χ1) is 18.3. The van der Waals surface area contributed by atoms with Gasteiger partial charge in [0.1, 0.15) is 0 Å². The third kappa shape index (κ3) is 11.8. The van der Waals surface area contributed by atoms with Crippen LogP contribution in [0.25, 0.3) is 18.2 Å². The van der Waals surface area contributed by atoms with Gasteiger partial charge in [0.15, 0.2) is 0 Å². The molecule has 0 aromatic heterocycles. The fourth-order valence-electron chi connectivity index (χ4n) is 4.15. The van der Waals surface area contributed by atoms with Crippen LogP contribution in [0.3, 0.4) is 0 Å². The number of benzene rings is 3. The lowest BCUT2D eigenvalue weighted by Gasteiger charge is -2.14. The highest BCUT2D eigenvalue weighted by Crippen LogP contribution is 2.13. The van der Waals surface area contributed by atoms with Gasteiger partial charge in [-0.05, 0) is 86.4 Å². The van der Waals surface area contributed by atoms with E-state index in [2.05, 4.69) is 121 Å². The van der Waals surface area contributed by atoms with E-state index in [1.165, 1.54) is 66.8 Å².